The molecule has 2 atom stereocenters. The first-order chi connectivity index (χ1) is 8.67. The molecule has 2 unspecified atom stereocenters. The number of benzene rings is 1. The molecule has 2 nitrogen and oxygen atoms in total. The number of hydrogen-bond acceptors (Lipinski definition) is 2. The summed E-state index contributed by atoms with van der Waals surface area (Å²) in [5.74, 6) is 1.60. The lowest BCUT2D eigenvalue weighted by Crippen LogP contribution is -2.40. The number of ether oxygens (including phenoxy) is 1. The van der Waals surface area contributed by atoms with Crippen LogP contribution in [0, 0.1) is 5.41 Å². The third kappa shape index (κ3) is 2.14. The standard InChI is InChI=1S/C16H23NO/c1-16(2)9-5-8-15(16)17-10-12-11-18-14-7-4-3-6-13(12)14/h3-4,6-7,12,15,17H,5,8-11H2,1-2H3. The Hall–Kier alpha value is -1.02. The smallest absolute Gasteiger partial charge is 0.122 e. The zero-order valence-electron chi connectivity index (χ0n) is 11.4. The van der Waals surface area contributed by atoms with E-state index in [4.69, 9.17) is 4.74 Å². The third-order valence-electron chi connectivity index (χ3n) is 4.67. The van der Waals surface area contributed by atoms with Crippen LogP contribution >= 0.6 is 0 Å². The molecule has 2 aliphatic rings. The van der Waals surface area contributed by atoms with E-state index >= 15 is 0 Å². The fourth-order valence-electron chi connectivity index (χ4n) is 3.39. The van der Waals surface area contributed by atoms with Crippen molar-refractivity contribution < 1.29 is 4.74 Å². The Balaban J connectivity index is 1.62. The minimum Gasteiger partial charge on any atom is -0.493 e. The Morgan fingerprint density at radius 3 is 2.94 bits per heavy atom. The molecule has 1 N–H and O–H groups in total. The highest BCUT2D eigenvalue weighted by Gasteiger charge is 2.35. The van der Waals surface area contributed by atoms with E-state index in [1.807, 2.05) is 0 Å². The van der Waals surface area contributed by atoms with E-state index in [1.54, 1.807) is 0 Å². The van der Waals surface area contributed by atoms with Gasteiger partial charge in [-0.15, -0.1) is 0 Å². The van der Waals surface area contributed by atoms with Crippen molar-refractivity contribution in [2.45, 2.75) is 45.1 Å². The lowest BCUT2D eigenvalue weighted by molar-refractivity contribution is 0.267. The lowest BCUT2D eigenvalue weighted by Gasteiger charge is -2.29. The second-order valence-corrected chi connectivity index (χ2v) is 6.39. The Bertz CT molecular complexity index is 427. The SMILES string of the molecule is CC1(C)CCCC1NCC1COc2ccccc21. The van der Waals surface area contributed by atoms with E-state index < -0.39 is 0 Å². The van der Waals surface area contributed by atoms with E-state index in [-0.39, 0.29) is 0 Å². The largest absolute Gasteiger partial charge is 0.493 e. The van der Waals surface area contributed by atoms with Gasteiger partial charge in [0.2, 0.25) is 0 Å². The van der Waals surface area contributed by atoms with Crippen molar-refractivity contribution >= 4 is 0 Å². The summed E-state index contributed by atoms with van der Waals surface area (Å²) < 4.78 is 5.74. The van der Waals surface area contributed by atoms with Crippen LogP contribution in [-0.4, -0.2) is 19.2 Å². The maximum atomic E-state index is 5.74. The summed E-state index contributed by atoms with van der Waals surface area (Å²) in [5, 5.41) is 3.77. The summed E-state index contributed by atoms with van der Waals surface area (Å²) in [6.45, 7) is 6.65. The minimum absolute atomic E-state index is 0.457. The average molecular weight is 245 g/mol. The van der Waals surface area contributed by atoms with E-state index in [9.17, 15) is 0 Å². The topological polar surface area (TPSA) is 21.3 Å². The summed E-state index contributed by atoms with van der Waals surface area (Å²) in [7, 11) is 0. The predicted octanol–water partition coefficient (Wildman–Crippen LogP) is 3.33. The van der Waals surface area contributed by atoms with Crippen molar-refractivity contribution in [1.29, 1.82) is 0 Å². The summed E-state index contributed by atoms with van der Waals surface area (Å²) in [6, 6.07) is 9.11. The maximum Gasteiger partial charge on any atom is 0.122 e. The van der Waals surface area contributed by atoms with Gasteiger partial charge in [0.25, 0.3) is 0 Å². The second kappa shape index (κ2) is 4.58. The highest BCUT2D eigenvalue weighted by molar-refractivity contribution is 5.39. The van der Waals surface area contributed by atoms with Gasteiger partial charge >= 0.3 is 0 Å². The van der Waals surface area contributed by atoms with Crippen LogP contribution in [0.3, 0.4) is 0 Å². The van der Waals surface area contributed by atoms with Gasteiger partial charge in [-0.1, -0.05) is 38.5 Å². The normalized spacial score (nSPS) is 29.0. The van der Waals surface area contributed by atoms with Crippen LogP contribution < -0.4 is 10.1 Å². The zero-order valence-corrected chi connectivity index (χ0v) is 11.4. The van der Waals surface area contributed by atoms with Crippen LogP contribution in [0.2, 0.25) is 0 Å². The Labute approximate surface area is 110 Å². The number of para-hydroxylation sites is 1. The number of fused-ring (bicyclic) bond motifs is 1. The highest BCUT2D eigenvalue weighted by atomic mass is 16.5. The monoisotopic (exact) mass is 245 g/mol. The molecular formula is C16H23NO. The summed E-state index contributed by atoms with van der Waals surface area (Å²) in [5.41, 5.74) is 1.83. The third-order valence-corrected chi connectivity index (χ3v) is 4.67. The van der Waals surface area contributed by atoms with Crippen LogP contribution in [0.15, 0.2) is 24.3 Å². The van der Waals surface area contributed by atoms with Gasteiger partial charge in [-0.05, 0) is 24.3 Å². The second-order valence-electron chi connectivity index (χ2n) is 6.39. The van der Waals surface area contributed by atoms with E-state index in [0.29, 0.717) is 17.4 Å². The molecule has 1 aromatic rings. The molecule has 0 radical (unpaired) electrons. The number of rotatable bonds is 3. The predicted molar refractivity (Wildman–Crippen MR) is 74.1 cm³/mol. The fraction of sp³-hybridized carbons (Fsp3) is 0.625. The van der Waals surface area contributed by atoms with Gasteiger partial charge in [-0.2, -0.15) is 0 Å². The molecule has 1 saturated carbocycles. The number of hydrogen-bond donors (Lipinski definition) is 1. The molecule has 18 heavy (non-hydrogen) atoms. The summed E-state index contributed by atoms with van der Waals surface area (Å²) in [6.07, 6.45) is 4.03. The quantitative estimate of drug-likeness (QED) is 0.882. The lowest BCUT2D eigenvalue weighted by atomic mass is 9.87. The zero-order chi connectivity index (χ0) is 12.6. The summed E-state index contributed by atoms with van der Waals surface area (Å²) in [4.78, 5) is 0. The van der Waals surface area contributed by atoms with Gasteiger partial charge in [0, 0.05) is 24.1 Å². The molecule has 1 heterocycles. The molecule has 1 aromatic carbocycles. The van der Waals surface area contributed by atoms with Crippen molar-refractivity contribution in [3.8, 4) is 5.75 Å². The van der Waals surface area contributed by atoms with Gasteiger partial charge < -0.3 is 10.1 Å². The van der Waals surface area contributed by atoms with E-state index in [2.05, 4.69) is 43.4 Å². The Morgan fingerprint density at radius 1 is 1.33 bits per heavy atom. The van der Waals surface area contributed by atoms with Gasteiger partial charge in [0.1, 0.15) is 5.75 Å². The van der Waals surface area contributed by atoms with Crippen molar-refractivity contribution in [3.63, 3.8) is 0 Å². The van der Waals surface area contributed by atoms with Crippen LogP contribution in [0.5, 0.6) is 5.75 Å². The molecule has 2 heteroatoms. The molecule has 3 rings (SSSR count). The van der Waals surface area contributed by atoms with Gasteiger partial charge in [0.15, 0.2) is 0 Å². The van der Waals surface area contributed by atoms with Crippen LogP contribution in [0.25, 0.3) is 0 Å². The molecule has 1 fully saturated rings. The Kier molecular flexibility index (Phi) is 3.06. The minimum atomic E-state index is 0.457. The van der Waals surface area contributed by atoms with Crippen LogP contribution in [-0.2, 0) is 0 Å². The molecule has 98 valence electrons. The fourth-order valence-corrected chi connectivity index (χ4v) is 3.39. The van der Waals surface area contributed by atoms with Gasteiger partial charge in [-0.25, -0.2) is 0 Å². The molecule has 0 amide bonds. The van der Waals surface area contributed by atoms with Crippen LogP contribution in [0.4, 0.5) is 0 Å². The van der Waals surface area contributed by atoms with Gasteiger partial charge in [-0.3, -0.25) is 0 Å². The first-order valence-corrected chi connectivity index (χ1v) is 7.12. The first-order valence-electron chi connectivity index (χ1n) is 7.12. The Morgan fingerprint density at radius 2 is 2.17 bits per heavy atom. The van der Waals surface area contributed by atoms with E-state index in [0.717, 1.165) is 18.9 Å². The van der Waals surface area contributed by atoms with Crippen molar-refractivity contribution in [3.05, 3.63) is 29.8 Å². The van der Waals surface area contributed by atoms with E-state index in [1.165, 1.54) is 24.8 Å². The molecule has 1 aliphatic heterocycles. The molecule has 0 spiro atoms. The van der Waals surface area contributed by atoms with Gasteiger partial charge in [0.05, 0.1) is 6.61 Å². The maximum absolute atomic E-state index is 5.74. The first kappa shape index (κ1) is 12.0. The van der Waals surface area contributed by atoms with Crippen LogP contribution in [0.1, 0.15) is 44.6 Å². The summed E-state index contributed by atoms with van der Waals surface area (Å²) >= 11 is 0. The molecule has 0 saturated heterocycles. The molecular weight excluding hydrogens is 222 g/mol. The van der Waals surface area contributed by atoms with Crippen molar-refractivity contribution in [2.75, 3.05) is 13.2 Å². The molecule has 0 bridgehead atoms. The highest BCUT2D eigenvalue weighted by Crippen LogP contribution is 2.38. The van der Waals surface area contributed by atoms with Crippen molar-refractivity contribution in [1.82, 2.24) is 5.32 Å². The average Bonchev–Trinajstić information content (AvgIpc) is 2.90. The molecule has 1 aliphatic carbocycles. The van der Waals surface area contributed by atoms with Crippen molar-refractivity contribution in [2.24, 2.45) is 5.41 Å². The molecule has 0 aromatic heterocycles. The number of nitrogens with one attached hydrogen (secondary N) is 1.